The smallest absolute Gasteiger partial charge is 0.420 e. The van der Waals surface area contributed by atoms with E-state index in [4.69, 9.17) is 37.9 Å². The lowest BCUT2D eigenvalue weighted by Crippen LogP contribution is -2.24. The summed E-state index contributed by atoms with van der Waals surface area (Å²) in [5.41, 5.74) is -5.42. The minimum absolute atomic E-state index is 0.148. The number of hydrogen-bond donors (Lipinski definition) is 0. The SMILES string of the molecule is C=CC(=O)OCC(CCCCCCOc1ccc(C(=O)Oc2ccc(OC(=O)c3ccc(OCCCCCCC(COC(=O)C=C)OC(=O)C=C)cc3)c(C(F)(F)F)c2C(F)(F)F)cc1)OC(=O)C=C. The van der Waals surface area contributed by atoms with E-state index in [0.29, 0.717) is 76.3 Å². The second-order valence-corrected chi connectivity index (χ2v) is 14.9. The molecule has 3 rings (SSSR count). The molecule has 3 aromatic rings. The summed E-state index contributed by atoms with van der Waals surface area (Å²) in [6.07, 6.45) is -2.91. The first-order valence-electron chi connectivity index (χ1n) is 21.8. The maximum atomic E-state index is 14.4. The van der Waals surface area contributed by atoms with E-state index in [1.54, 1.807) is 0 Å². The van der Waals surface area contributed by atoms with Gasteiger partial charge >= 0.3 is 48.2 Å². The van der Waals surface area contributed by atoms with Crippen molar-refractivity contribution in [1.82, 2.24) is 0 Å². The van der Waals surface area contributed by atoms with Crippen LogP contribution >= 0.6 is 0 Å². The number of alkyl halides is 6. The van der Waals surface area contributed by atoms with Crippen LogP contribution in [-0.2, 0) is 50.5 Å². The Morgan fingerprint density at radius 3 is 1.10 bits per heavy atom. The van der Waals surface area contributed by atoms with Crippen molar-refractivity contribution in [2.75, 3.05) is 26.4 Å². The van der Waals surface area contributed by atoms with Gasteiger partial charge in [-0.15, -0.1) is 0 Å². The Hall–Kier alpha value is -7.38. The van der Waals surface area contributed by atoms with E-state index in [1.807, 2.05) is 0 Å². The van der Waals surface area contributed by atoms with Crippen LogP contribution in [0.25, 0.3) is 0 Å². The molecule has 0 heterocycles. The summed E-state index contributed by atoms with van der Waals surface area (Å²) in [5, 5.41) is 0. The molecule has 0 spiro atoms. The highest BCUT2D eigenvalue weighted by Crippen LogP contribution is 2.49. The number of carbonyl (C=O) groups is 6. The van der Waals surface area contributed by atoms with Crippen LogP contribution in [0.15, 0.2) is 111 Å². The molecule has 0 saturated heterocycles. The summed E-state index contributed by atoms with van der Waals surface area (Å²) in [5.74, 6) is -7.93. The van der Waals surface area contributed by atoms with Crippen molar-refractivity contribution >= 4 is 35.8 Å². The number of esters is 6. The van der Waals surface area contributed by atoms with Crippen molar-refractivity contribution in [2.45, 2.75) is 88.8 Å². The Morgan fingerprint density at radius 2 is 0.786 bits per heavy atom. The van der Waals surface area contributed by atoms with Gasteiger partial charge in [0.1, 0.15) is 59.5 Å². The maximum Gasteiger partial charge on any atom is 0.420 e. The topological polar surface area (TPSA) is 176 Å². The Labute approximate surface area is 399 Å². The molecule has 0 amide bonds. The van der Waals surface area contributed by atoms with E-state index in [2.05, 4.69) is 26.3 Å². The van der Waals surface area contributed by atoms with E-state index in [9.17, 15) is 55.1 Å². The van der Waals surface area contributed by atoms with Crippen molar-refractivity contribution in [3.05, 3.63) is 134 Å². The quantitative estimate of drug-likeness (QED) is 0.0154. The molecular formula is C50H52F6O14. The van der Waals surface area contributed by atoms with Crippen LogP contribution in [0.1, 0.15) is 96.1 Å². The van der Waals surface area contributed by atoms with Gasteiger partial charge in [-0.2, -0.15) is 26.3 Å². The fraction of sp³-hybridized carbons (Fsp3) is 0.360. The van der Waals surface area contributed by atoms with Gasteiger partial charge in [0.15, 0.2) is 0 Å². The van der Waals surface area contributed by atoms with Gasteiger partial charge in [0, 0.05) is 24.3 Å². The standard InChI is InChI=1S/C50H52F6O14/c1-5-41(57)65-31-37(67-43(59)7-3)17-13-9-11-15-29-63-35-23-19-33(20-24-35)47(61)69-39-27-28-40(46(50(54,55)56)45(39)49(51,52)53)70-48(62)34-21-25-36(26-22-34)64-30-16-12-10-14-18-38(68-44(60)8-4)32-66-42(58)6-2/h5-8,19-28,37-38H,1-4,9-18,29-32H2. The van der Waals surface area contributed by atoms with Crippen LogP contribution in [-0.4, -0.2) is 74.5 Å². The van der Waals surface area contributed by atoms with Crippen molar-refractivity contribution in [2.24, 2.45) is 0 Å². The highest BCUT2D eigenvalue weighted by molar-refractivity contribution is 5.92. The molecular weight excluding hydrogens is 939 g/mol. The fourth-order valence-corrected chi connectivity index (χ4v) is 6.27. The van der Waals surface area contributed by atoms with Gasteiger partial charge in [-0.3, -0.25) is 0 Å². The lowest BCUT2D eigenvalue weighted by molar-refractivity contribution is -0.163. The minimum atomic E-state index is -5.75. The van der Waals surface area contributed by atoms with Crippen LogP contribution in [0.5, 0.6) is 23.0 Å². The number of halogens is 6. The summed E-state index contributed by atoms with van der Waals surface area (Å²) >= 11 is 0. The number of rotatable bonds is 30. The van der Waals surface area contributed by atoms with Crippen molar-refractivity contribution in [1.29, 1.82) is 0 Å². The first-order valence-corrected chi connectivity index (χ1v) is 21.8. The first kappa shape index (κ1) is 56.9. The Balaban J connectivity index is 1.55. The average molecular weight is 991 g/mol. The third-order valence-electron chi connectivity index (χ3n) is 9.71. The maximum absolute atomic E-state index is 14.4. The number of benzene rings is 3. The lowest BCUT2D eigenvalue weighted by atomic mass is 10.0. The molecule has 2 unspecified atom stereocenters. The molecule has 0 aliphatic carbocycles. The predicted molar refractivity (Wildman–Crippen MR) is 239 cm³/mol. The summed E-state index contributed by atoms with van der Waals surface area (Å²) in [4.78, 5) is 71.8. The van der Waals surface area contributed by atoms with Crippen LogP contribution < -0.4 is 18.9 Å². The molecule has 3 aromatic carbocycles. The molecule has 0 bridgehead atoms. The highest BCUT2D eigenvalue weighted by Gasteiger charge is 2.49. The number of unbranched alkanes of at least 4 members (excludes halogenated alkanes) is 6. The highest BCUT2D eigenvalue weighted by atomic mass is 19.4. The molecule has 0 fully saturated rings. The minimum Gasteiger partial charge on any atom is -0.494 e. The van der Waals surface area contributed by atoms with Gasteiger partial charge < -0.3 is 37.9 Å². The first-order chi connectivity index (χ1) is 33.3. The zero-order valence-electron chi connectivity index (χ0n) is 37.9. The van der Waals surface area contributed by atoms with Crippen LogP contribution in [0.2, 0.25) is 0 Å². The second kappa shape index (κ2) is 28.8. The average Bonchev–Trinajstić information content (AvgIpc) is 3.33. The molecule has 0 N–H and O–H groups in total. The summed E-state index contributed by atoms with van der Waals surface area (Å²) in [6, 6.07) is 10.7. The normalized spacial score (nSPS) is 12.0. The molecule has 0 aliphatic rings. The monoisotopic (exact) mass is 990 g/mol. The van der Waals surface area contributed by atoms with Crippen LogP contribution in [0.3, 0.4) is 0 Å². The fourth-order valence-electron chi connectivity index (χ4n) is 6.27. The van der Waals surface area contributed by atoms with Crippen LogP contribution in [0, 0.1) is 0 Å². The van der Waals surface area contributed by atoms with Crippen LogP contribution in [0.4, 0.5) is 26.3 Å². The molecule has 14 nitrogen and oxygen atoms in total. The van der Waals surface area contributed by atoms with Gasteiger partial charge in [-0.25, -0.2) is 28.8 Å². The molecule has 378 valence electrons. The number of ether oxygens (including phenoxy) is 8. The van der Waals surface area contributed by atoms with Gasteiger partial charge in [0.05, 0.1) is 24.3 Å². The van der Waals surface area contributed by atoms with E-state index in [-0.39, 0.29) is 49.1 Å². The van der Waals surface area contributed by atoms with Gasteiger partial charge in [-0.05, 0) is 99.2 Å². The zero-order chi connectivity index (χ0) is 51.7. The summed E-state index contributed by atoms with van der Waals surface area (Å²) in [6.45, 7) is 13.4. The van der Waals surface area contributed by atoms with Crippen molar-refractivity contribution in [3.63, 3.8) is 0 Å². The molecule has 0 saturated carbocycles. The van der Waals surface area contributed by atoms with Gasteiger partial charge in [0.25, 0.3) is 0 Å². The van der Waals surface area contributed by atoms with Crippen molar-refractivity contribution < 1.29 is 93.0 Å². The molecule has 0 aromatic heterocycles. The summed E-state index contributed by atoms with van der Waals surface area (Å²) in [7, 11) is 0. The zero-order valence-corrected chi connectivity index (χ0v) is 37.9. The Bertz CT molecular complexity index is 2110. The van der Waals surface area contributed by atoms with E-state index < -0.39 is 83.0 Å². The number of carbonyl (C=O) groups excluding carboxylic acids is 6. The van der Waals surface area contributed by atoms with E-state index in [1.165, 1.54) is 24.3 Å². The molecule has 70 heavy (non-hydrogen) atoms. The Kier molecular flexibility index (Phi) is 23.5. The number of hydrogen-bond acceptors (Lipinski definition) is 14. The van der Waals surface area contributed by atoms with E-state index >= 15 is 0 Å². The molecule has 0 radical (unpaired) electrons. The van der Waals surface area contributed by atoms with Gasteiger partial charge in [0.2, 0.25) is 0 Å². The lowest BCUT2D eigenvalue weighted by Gasteiger charge is -2.21. The Morgan fingerprint density at radius 1 is 0.457 bits per heavy atom. The third kappa shape index (κ3) is 20.1. The largest absolute Gasteiger partial charge is 0.494 e. The third-order valence-corrected chi connectivity index (χ3v) is 9.71. The van der Waals surface area contributed by atoms with Gasteiger partial charge in [-0.1, -0.05) is 52.0 Å². The van der Waals surface area contributed by atoms with E-state index in [0.717, 1.165) is 48.6 Å². The molecule has 20 heteroatoms. The van der Waals surface area contributed by atoms with Crippen molar-refractivity contribution in [3.8, 4) is 23.0 Å². The molecule has 2 atom stereocenters. The summed E-state index contributed by atoms with van der Waals surface area (Å²) < 4.78 is 128. The predicted octanol–water partition coefficient (Wildman–Crippen LogP) is 10.5. The second-order valence-electron chi connectivity index (χ2n) is 14.9. The molecule has 0 aliphatic heterocycles.